The number of halogens is 3. The summed E-state index contributed by atoms with van der Waals surface area (Å²) >= 11 is 0. The van der Waals surface area contributed by atoms with Gasteiger partial charge in [0.05, 0.1) is 31.2 Å². The summed E-state index contributed by atoms with van der Waals surface area (Å²) in [5, 5.41) is 53.2. The number of rotatable bonds is 13. The van der Waals surface area contributed by atoms with Crippen LogP contribution in [0.5, 0.6) is 0 Å². The second kappa shape index (κ2) is 13.2. The Hall–Kier alpha value is -2.78. The van der Waals surface area contributed by atoms with Gasteiger partial charge < -0.3 is 41.9 Å². The smallest absolute Gasteiger partial charge is 0.389 e. The summed E-state index contributed by atoms with van der Waals surface area (Å²) in [7, 11) is 0. The van der Waals surface area contributed by atoms with Crippen molar-refractivity contribution in [1.29, 1.82) is 0 Å². The van der Waals surface area contributed by atoms with Crippen LogP contribution in [0.3, 0.4) is 0 Å². The third-order valence-electron chi connectivity index (χ3n) is 4.85. The van der Waals surface area contributed by atoms with Gasteiger partial charge in [-0.05, 0) is 12.0 Å². The Morgan fingerprint density at radius 1 is 0.971 bits per heavy atom. The molecule has 0 saturated heterocycles. The van der Waals surface area contributed by atoms with Gasteiger partial charge in [0.25, 0.3) is 5.91 Å². The van der Waals surface area contributed by atoms with E-state index in [2.05, 4.69) is 5.32 Å². The number of benzene rings is 1. The van der Waals surface area contributed by atoms with E-state index in [-0.39, 0.29) is 0 Å². The van der Waals surface area contributed by atoms with E-state index >= 15 is 0 Å². The molecule has 0 fully saturated rings. The second-order valence-electron chi connectivity index (χ2n) is 7.55. The van der Waals surface area contributed by atoms with Gasteiger partial charge in [0.2, 0.25) is 5.91 Å². The molecule has 34 heavy (non-hydrogen) atoms. The Kier molecular flexibility index (Phi) is 11.4. The van der Waals surface area contributed by atoms with Crippen LogP contribution in [0.25, 0.3) is 0 Å². The minimum absolute atomic E-state index is 0.383. The molecule has 0 heterocycles. The maximum absolute atomic E-state index is 12.4. The number of carbonyl (C=O) groups is 3. The highest BCUT2D eigenvalue weighted by Crippen LogP contribution is 2.22. The molecule has 11 nitrogen and oxygen atoms in total. The third-order valence-corrected chi connectivity index (χ3v) is 4.85. The number of aliphatic carboxylic acids is 1. The average molecular weight is 495 g/mol. The molecule has 1 rings (SSSR count). The normalized spacial score (nSPS) is 17.1. The molecule has 14 heteroatoms. The Balaban J connectivity index is 2.80. The number of alkyl halides is 3. The highest BCUT2D eigenvalue weighted by atomic mass is 19.4. The van der Waals surface area contributed by atoms with Crippen molar-refractivity contribution in [3.8, 4) is 0 Å². The van der Waals surface area contributed by atoms with E-state index in [1.54, 1.807) is 18.2 Å². The average Bonchev–Trinajstić information content (AvgIpc) is 2.78. The lowest BCUT2D eigenvalue weighted by atomic mass is 9.98. The molecule has 0 radical (unpaired) electrons. The fourth-order valence-corrected chi connectivity index (χ4v) is 2.93. The number of carboxylic acid groups (broad SMARTS) is 1. The van der Waals surface area contributed by atoms with Crippen LogP contribution in [0, 0.1) is 0 Å². The molecule has 192 valence electrons. The summed E-state index contributed by atoms with van der Waals surface area (Å²) in [6.45, 7) is -1.02. The van der Waals surface area contributed by atoms with Crippen LogP contribution in [0.4, 0.5) is 13.2 Å². The lowest BCUT2D eigenvalue weighted by Crippen LogP contribution is -2.58. The van der Waals surface area contributed by atoms with E-state index in [9.17, 15) is 48.0 Å². The number of carboxylic acids is 1. The molecular formula is C20H28F3N3O8. The molecule has 2 amide bonds. The highest BCUT2D eigenvalue weighted by molar-refractivity contribution is 5.83. The maximum atomic E-state index is 12.4. The van der Waals surface area contributed by atoms with Crippen molar-refractivity contribution in [1.82, 2.24) is 10.6 Å². The number of amides is 2. The Bertz CT molecular complexity index is 812. The summed E-state index contributed by atoms with van der Waals surface area (Å²) in [6.07, 6.45) is -14.0. The van der Waals surface area contributed by atoms with E-state index in [4.69, 9.17) is 10.8 Å². The van der Waals surface area contributed by atoms with Crippen LogP contribution < -0.4 is 16.4 Å². The zero-order valence-electron chi connectivity index (χ0n) is 17.9. The molecule has 6 atom stereocenters. The predicted octanol–water partition coefficient (Wildman–Crippen LogP) is -1.45. The number of nitrogens with one attached hydrogen (secondary N) is 2. The first kappa shape index (κ1) is 29.3. The first-order valence-corrected chi connectivity index (χ1v) is 10.1. The molecule has 1 aromatic rings. The van der Waals surface area contributed by atoms with Gasteiger partial charge in [-0.3, -0.25) is 14.4 Å². The summed E-state index contributed by atoms with van der Waals surface area (Å²) in [4.78, 5) is 35.5. The molecule has 0 aliphatic carbocycles. The number of nitrogens with two attached hydrogens (primary N) is 1. The summed E-state index contributed by atoms with van der Waals surface area (Å²) in [5.74, 6) is -3.69. The Morgan fingerprint density at radius 2 is 1.56 bits per heavy atom. The van der Waals surface area contributed by atoms with E-state index < -0.39 is 86.3 Å². The van der Waals surface area contributed by atoms with Crippen molar-refractivity contribution in [3.05, 3.63) is 35.9 Å². The van der Waals surface area contributed by atoms with Crippen LogP contribution >= 0.6 is 0 Å². The largest absolute Gasteiger partial charge is 0.481 e. The van der Waals surface area contributed by atoms with Crippen LogP contribution in [0.2, 0.25) is 0 Å². The standard InChI is InChI=1S/C20H28F3N3O8/c21-20(22,23)7-6-11(24)18(33)26-13(9-27)15(30)16(31)17(32)19(34)25-12(8-14(28)29)10-4-2-1-3-5-10/h1-5,11-13,15-17,27,30-32H,6-9,24H2,(H,25,34)(H,26,33)(H,28,29). The van der Waals surface area contributed by atoms with Gasteiger partial charge in [-0.25, -0.2) is 0 Å². The van der Waals surface area contributed by atoms with Crippen molar-refractivity contribution in [3.63, 3.8) is 0 Å². The molecular weight excluding hydrogens is 467 g/mol. The van der Waals surface area contributed by atoms with Crippen molar-refractivity contribution >= 4 is 17.8 Å². The first-order chi connectivity index (χ1) is 15.8. The first-order valence-electron chi connectivity index (χ1n) is 10.1. The predicted molar refractivity (Wildman–Crippen MR) is 110 cm³/mol. The van der Waals surface area contributed by atoms with Gasteiger partial charge in [0, 0.05) is 6.42 Å². The monoisotopic (exact) mass is 495 g/mol. The highest BCUT2D eigenvalue weighted by Gasteiger charge is 2.37. The number of hydrogen-bond donors (Lipinski definition) is 8. The molecule has 1 aromatic carbocycles. The number of aliphatic hydroxyl groups excluding tert-OH is 4. The Morgan fingerprint density at radius 3 is 2.06 bits per heavy atom. The summed E-state index contributed by atoms with van der Waals surface area (Å²) < 4.78 is 36.8. The molecule has 9 N–H and O–H groups in total. The third kappa shape index (κ3) is 9.61. The summed E-state index contributed by atoms with van der Waals surface area (Å²) in [5.41, 5.74) is 5.75. The minimum atomic E-state index is -4.56. The van der Waals surface area contributed by atoms with Crippen LogP contribution in [-0.4, -0.2) is 86.5 Å². The molecule has 0 spiro atoms. The van der Waals surface area contributed by atoms with E-state index in [0.29, 0.717) is 5.56 Å². The van der Waals surface area contributed by atoms with Crippen LogP contribution in [-0.2, 0) is 14.4 Å². The fourth-order valence-electron chi connectivity index (χ4n) is 2.93. The molecule has 0 aliphatic rings. The maximum Gasteiger partial charge on any atom is 0.389 e. The fraction of sp³-hybridized carbons (Fsp3) is 0.550. The zero-order chi connectivity index (χ0) is 26.1. The van der Waals surface area contributed by atoms with Gasteiger partial charge in [-0.1, -0.05) is 30.3 Å². The lowest BCUT2D eigenvalue weighted by molar-refractivity contribution is -0.145. The van der Waals surface area contributed by atoms with Crippen LogP contribution in [0.1, 0.15) is 30.9 Å². The van der Waals surface area contributed by atoms with Gasteiger partial charge in [0.1, 0.15) is 12.2 Å². The number of aliphatic hydroxyl groups is 4. The SMILES string of the molecule is NC(CCC(F)(F)F)C(=O)NC(CO)C(O)C(O)C(O)C(=O)NC(CC(=O)O)c1ccccc1. The van der Waals surface area contributed by atoms with Crippen molar-refractivity contribution in [2.24, 2.45) is 5.73 Å². The van der Waals surface area contributed by atoms with Gasteiger partial charge in [-0.2, -0.15) is 13.2 Å². The quantitative estimate of drug-likeness (QED) is 0.161. The van der Waals surface area contributed by atoms with Crippen LogP contribution in [0.15, 0.2) is 30.3 Å². The van der Waals surface area contributed by atoms with Gasteiger partial charge in [0.15, 0.2) is 6.10 Å². The number of carbonyl (C=O) groups excluding carboxylic acids is 2. The lowest BCUT2D eigenvalue weighted by Gasteiger charge is -2.30. The van der Waals surface area contributed by atoms with Crippen molar-refractivity contribution in [2.45, 2.75) is 61.9 Å². The topological polar surface area (TPSA) is 202 Å². The van der Waals surface area contributed by atoms with Gasteiger partial charge in [-0.15, -0.1) is 0 Å². The molecule has 0 saturated carbocycles. The van der Waals surface area contributed by atoms with Gasteiger partial charge >= 0.3 is 12.1 Å². The Labute approximate surface area is 192 Å². The number of hydrogen-bond acceptors (Lipinski definition) is 8. The van der Waals surface area contributed by atoms with E-state index in [0.717, 1.165) is 0 Å². The zero-order valence-corrected chi connectivity index (χ0v) is 17.9. The second-order valence-corrected chi connectivity index (χ2v) is 7.55. The minimum Gasteiger partial charge on any atom is -0.481 e. The molecule has 0 aliphatic heterocycles. The van der Waals surface area contributed by atoms with Crippen molar-refractivity contribution in [2.75, 3.05) is 6.61 Å². The molecule has 0 aromatic heterocycles. The molecule has 6 unspecified atom stereocenters. The van der Waals surface area contributed by atoms with E-state index in [1.807, 2.05) is 5.32 Å². The molecule has 0 bridgehead atoms. The van der Waals surface area contributed by atoms with E-state index in [1.165, 1.54) is 12.1 Å². The van der Waals surface area contributed by atoms with Crippen molar-refractivity contribution < 1.29 is 53.1 Å². The summed E-state index contributed by atoms with van der Waals surface area (Å²) in [6, 6.07) is 3.43.